The number of carbonyl (C=O) groups is 1. The van der Waals surface area contributed by atoms with E-state index in [-0.39, 0.29) is 19.1 Å². The number of alkyl halides is 3. The molecule has 7 heteroatoms. The summed E-state index contributed by atoms with van der Waals surface area (Å²) in [6, 6.07) is -0.617. The van der Waals surface area contributed by atoms with E-state index < -0.39 is 24.8 Å². The molecule has 2 atom stereocenters. The maximum atomic E-state index is 11.9. The summed E-state index contributed by atoms with van der Waals surface area (Å²) in [5.41, 5.74) is 0. The molecule has 1 aliphatic rings. The molecule has 0 aliphatic carbocycles. The van der Waals surface area contributed by atoms with Gasteiger partial charge >= 0.3 is 12.1 Å². The van der Waals surface area contributed by atoms with Crippen molar-refractivity contribution < 1.29 is 27.8 Å². The molecule has 1 aliphatic heterocycles. The van der Waals surface area contributed by atoms with Gasteiger partial charge in [-0.15, -0.1) is 0 Å². The predicted octanol–water partition coefficient (Wildman–Crippen LogP) is 1.75. The first kappa shape index (κ1) is 15.2. The molecule has 1 rings (SSSR count). The molecule has 1 fully saturated rings. The second kappa shape index (κ2) is 6.38. The van der Waals surface area contributed by atoms with Crippen molar-refractivity contribution in [2.24, 2.45) is 5.92 Å². The highest BCUT2D eigenvalue weighted by molar-refractivity contribution is 5.74. The second-order valence-corrected chi connectivity index (χ2v) is 4.61. The van der Waals surface area contributed by atoms with Gasteiger partial charge in [0.05, 0.1) is 6.61 Å². The largest absolute Gasteiger partial charge is 0.480 e. The quantitative estimate of drug-likeness (QED) is 0.772. The van der Waals surface area contributed by atoms with E-state index in [9.17, 15) is 18.0 Å². The molecule has 1 N–H and O–H groups in total. The molecule has 0 radical (unpaired) electrons. The van der Waals surface area contributed by atoms with Crippen molar-refractivity contribution >= 4 is 5.97 Å². The zero-order chi connectivity index (χ0) is 13.8. The summed E-state index contributed by atoms with van der Waals surface area (Å²) in [5, 5.41) is 9.10. The zero-order valence-electron chi connectivity index (χ0n) is 10.2. The summed E-state index contributed by atoms with van der Waals surface area (Å²) in [5.74, 6) is -0.906. The van der Waals surface area contributed by atoms with E-state index in [2.05, 4.69) is 4.74 Å². The molecular weight excluding hydrogens is 251 g/mol. The van der Waals surface area contributed by atoms with Crippen LogP contribution in [0.5, 0.6) is 0 Å². The Labute approximate surface area is 104 Å². The van der Waals surface area contributed by atoms with Crippen LogP contribution >= 0.6 is 0 Å². The van der Waals surface area contributed by atoms with E-state index in [1.54, 1.807) is 4.90 Å². The Morgan fingerprint density at radius 3 is 2.72 bits per heavy atom. The van der Waals surface area contributed by atoms with E-state index in [1.165, 1.54) is 0 Å². The summed E-state index contributed by atoms with van der Waals surface area (Å²) in [6.07, 6.45) is -2.64. The van der Waals surface area contributed by atoms with Gasteiger partial charge in [0.15, 0.2) is 0 Å². The Balaban J connectivity index is 2.37. The van der Waals surface area contributed by atoms with Crippen LogP contribution in [-0.4, -0.2) is 54.5 Å². The summed E-state index contributed by atoms with van der Waals surface area (Å²) >= 11 is 0. The average Bonchev–Trinajstić information content (AvgIpc) is 2.22. The molecule has 18 heavy (non-hydrogen) atoms. The van der Waals surface area contributed by atoms with E-state index in [0.717, 1.165) is 12.8 Å². The first-order valence-electron chi connectivity index (χ1n) is 5.92. The molecule has 4 nitrogen and oxygen atoms in total. The summed E-state index contributed by atoms with van der Waals surface area (Å²) in [7, 11) is 0. The van der Waals surface area contributed by atoms with Gasteiger partial charge in [-0.05, 0) is 25.3 Å². The Morgan fingerprint density at radius 2 is 2.17 bits per heavy atom. The summed E-state index contributed by atoms with van der Waals surface area (Å²) in [6.45, 7) is 1.28. The first-order chi connectivity index (χ1) is 8.31. The number of hydrogen-bond donors (Lipinski definition) is 1. The molecule has 1 heterocycles. The van der Waals surface area contributed by atoms with Crippen LogP contribution in [0.25, 0.3) is 0 Å². The number of nitrogens with zero attached hydrogens (tertiary/aromatic N) is 1. The van der Waals surface area contributed by atoms with Crippen LogP contribution < -0.4 is 0 Å². The van der Waals surface area contributed by atoms with E-state index in [4.69, 9.17) is 5.11 Å². The number of carboxylic acids is 1. The molecule has 0 bridgehead atoms. The molecule has 1 saturated heterocycles. The van der Waals surface area contributed by atoms with Crippen LogP contribution in [0.1, 0.15) is 19.8 Å². The van der Waals surface area contributed by atoms with Gasteiger partial charge in [0.25, 0.3) is 0 Å². The van der Waals surface area contributed by atoms with E-state index >= 15 is 0 Å². The lowest BCUT2D eigenvalue weighted by molar-refractivity contribution is -0.176. The van der Waals surface area contributed by atoms with Crippen LogP contribution in [0.3, 0.4) is 0 Å². The molecule has 0 aromatic rings. The lowest BCUT2D eigenvalue weighted by Crippen LogP contribution is -2.50. The van der Waals surface area contributed by atoms with Gasteiger partial charge in [0.2, 0.25) is 0 Å². The minimum absolute atomic E-state index is 0.0128. The Hall–Kier alpha value is -0.820. The number of aliphatic carboxylic acids is 1. The zero-order valence-corrected chi connectivity index (χ0v) is 10.2. The van der Waals surface area contributed by atoms with Gasteiger partial charge in [-0.2, -0.15) is 13.2 Å². The van der Waals surface area contributed by atoms with E-state index in [0.29, 0.717) is 6.54 Å². The van der Waals surface area contributed by atoms with Crippen LogP contribution in [0.15, 0.2) is 0 Å². The number of carboxylic acid groups (broad SMARTS) is 1. The minimum atomic E-state index is -4.33. The number of likely N-dealkylation sites (tertiary alicyclic amines) is 1. The molecule has 0 aromatic carbocycles. The Morgan fingerprint density at radius 1 is 1.50 bits per heavy atom. The van der Waals surface area contributed by atoms with Crippen LogP contribution in [0, 0.1) is 5.92 Å². The maximum Gasteiger partial charge on any atom is 0.411 e. The highest BCUT2D eigenvalue weighted by atomic mass is 19.4. The molecule has 0 aromatic heterocycles. The van der Waals surface area contributed by atoms with Gasteiger partial charge in [-0.3, -0.25) is 9.69 Å². The minimum Gasteiger partial charge on any atom is -0.480 e. The van der Waals surface area contributed by atoms with Gasteiger partial charge < -0.3 is 9.84 Å². The number of rotatable bonds is 5. The van der Waals surface area contributed by atoms with Gasteiger partial charge in [0, 0.05) is 6.54 Å². The smallest absolute Gasteiger partial charge is 0.411 e. The van der Waals surface area contributed by atoms with E-state index in [1.807, 2.05) is 6.92 Å². The third kappa shape index (κ3) is 4.81. The lowest BCUT2D eigenvalue weighted by atomic mass is 9.91. The molecule has 2 unspecified atom stereocenters. The van der Waals surface area contributed by atoms with Crippen molar-refractivity contribution in [3.63, 3.8) is 0 Å². The third-order valence-electron chi connectivity index (χ3n) is 3.08. The Bertz CT molecular complexity index is 283. The third-order valence-corrected chi connectivity index (χ3v) is 3.08. The standard InChI is InChI=1S/C11H18F3NO3/c1-8-3-2-4-15(9(8)10(16)17)5-6-18-7-11(12,13)14/h8-9H,2-7H2,1H3,(H,16,17). The predicted molar refractivity (Wildman–Crippen MR) is 58.3 cm³/mol. The Kier molecular flexibility index (Phi) is 5.40. The lowest BCUT2D eigenvalue weighted by Gasteiger charge is -2.37. The van der Waals surface area contributed by atoms with Gasteiger partial charge in [-0.1, -0.05) is 6.92 Å². The van der Waals surface area contributed by atoms with Gasteiger partial charge in [0.1, 0.15) is 12.6 Å². The van der Waals surface area contributed by atoms with Crippen molar-refractivity contribution in [2.75, 3.05) is 26.3 Å². The maximum absolute atomic E-state index is 11.9. The van der Waals surface area contributed by atoms with Crippen LogP contribution in [-0.2, 0) is 9.53 Å². The second-order valence-electron chi connectivity index (χ2n) is 4.61. The number of hydrogen-bond acceptors (Lipinski definition) is 3. The topological polar surface area (TPSA) is 49.8 Å². The van der Waals surface area contributed by atoms with Gasteiger partial charge in [-0.25, -0.2) is 0 Å². The van der Waals surface area contributed by atoms with Crippen molar-refractivity contribution in [1.82, 2.24) is 4.90 Å². The summed E-state index contributed by atoms with van der Waals surface area (Å²) < 4.78 is 40.1. The normalized spacial score (nSPS) is 26.2. The van der Waals surface area contributed by atoms with Crippen LogP contribution in [0.2, 0.25) is 0 Å². The summed E-state index contributed by atoms with van der Waals surface area (Å²) in [4.78, 5) is 12.8. The fourth-order valence-corrected chi connectivity index (χ4v) is 2.29. The monoisotopic (exact) mass is 269 g/mol. The van der Waals surface area contributed by atoms with Crippen molar-refractivity contribution in [1.29, 1.82) is 0 Å². The van der Waals surface area contributed by atoms with Crippen LogP contribution in [0.4, 0.5) is 13.2 Å². The van der Waals surface area contributed by atoms with Crippen molar-refractivity contribution in [2.45, 2.75) is 32.0 Å². The van der Waals surface area contributed by atoms with Crippen molar-refractivity contribution in [3.05, 3.63) is 0 Å². The number of ether oxygens (including phenoxy) is 1. The highest BCUT2D eigenvalue weighted by Crippen LogP contribution is 2.23. The molecule has 106 valence electrons. The molecule has 0 amide bonds. The number of halogens is 3. The fraction of sp³-hybridized carbons (Fsp3) is 0.909. The highest BCUT2D eigenvalue weighted by Gasteiger charge is 2.34. The van der Waals surface area contributed by atoms with Crippen molar-refractivity contribution in [3.8, 4) is 0 Å². The SMILES string of the molecule is CC1CCCN(CCOCC(F)(F)F)C1C(=O)O. The fourth-order valence-electron chi connectivity index (χ4n) is 2.29. The first-order valence-corrected chi connectivity index (χ1v) is 5.92. The average molecular weight is 269 g/mol. The molecule has 0 spiro atoms. The molecule has 0 saturated carbocycles. The molecular formula is C11H18F3NO3. The number of piperidine rings is 1.